The number of hydrogen-bond donors (Lipinski definition) is 0. The molecule has 4 nitrogen and oxygen atoms in total. The summed E-state index contributed by atoms with van der Waals surface area (Å²) >= 11 is 6.10. The van der Waals surface area contributed by atoms with E-state index in [1.807, 2.05) is 12.1 Å². The number of fused-ring (bicyclic) bond motifs is 1. The molecule has 0 spiro atoms. The van der Waals surface area contributed by atoms with Gasteiger partial charge < -0.3 is 14.2 Å². The maximum Gasteiger partial charge on any atom is 0.125 e. The van der Waals surface area contributed by atoms with E-state index in [0.29, 0.717) is 11.9 Å². The van der Waals surface area contributed by atoms with Crippen LogP contribution < -0.4 is 4.74 Å². The van der Waals surface area contributed by atoms with Gasteiger partial charge in [0.15, 0.2) is 0 Å². The Labute approximate surface area is 124 Å². The Morgan fingerprint density at radius 2 is 2.30 bits per heavy atom. The lowest BCUT2D eigenvalue weighted by Gasteiger charge is -2.31. The molecule has 1 unspecified atom stereocenters. The van der Waals surface area contributed by atoms with Crippen LogP contribution in [0.4, 0.5) is 0 Å². The van der Waals surface area contributed by atoms with Crippen LogP contribution in [0.2, 0.25) is 0 Å². The molecule has 2 heterocycles. The molecule has 1 aromatic carbocycles. The second-order valence-electron chi connectivity index (χ2n) is 5.44. The maximum absolute atomic E-state index is 6.10. The van der Waals surface area contributed by atoms with Gasteiger partial charge in [-0.05, 0) is 38.6 Å². The molecule has 1 aliphatic rings. The number of halogens is 1. The predicted octanol–water partition coefficient (Wildman–Crippen LogP) is 3.05. The van der Waals surface area contributed by atoms with Gasteiger partial charge >= 0.3 is 0 Å². The van der Waals surface area contributed by atoms with Crippen LogP contribution in [0.5, 0.6) is 5.75 Å². The van der Waals surface area contributed by atoms with Crippen molar-refractivity contribution >= 4 is 22.6 Å². The van der Waals surface area contributed by atoms with Gasteiger partial charge in [0.1, 0.15) is 11.6 Å². The van der Waals surface area contributed by atoms with Crippen molar-refractivity contribution in [2.24, 2.45) is 0 Å². The average Bonchev–Trinajstić information content (AvgIpc) is 2.84. The molecule has 0 aliphatic carbocycles. The highest BCUT2D eigenvalue weighted by Crippen LogP contribution is 2.30. The molecule has 2 aromatic rings. The molecule has 0 amide bonds. The van der Waals surface area contributed by atoms with Gasteiger partial charge in [0, 0.05) is 18.7 Å². The minimum absolute atomic E-state index is 0.442. The van der Waals surface area contributed by atoms with Crippen molar-refractivity contribution in [3.63, 3.8) is 0 Å². The van der Waals surface area contributed by atoms with E-state index in [1.165, 1.54) is 19.4 Å². The quantitative estimate of drug-likeness (QED) is 0.815. The van der Waals surface area contributed by atoms with Crippen molar-refractivity contribution < 1.29 is 4.74 Å². The van der Waals surface area contributed by atoms with E-state index in [4.69, 9.17) is 16.3 Å². The number of likely N-dealkylation sites (N-methyl/N-ethyl adjacent to an activating group) is 1. The zero-order chi connectivity index (χ0) is 14.1. The van der Waals surface area contributed by atoms with Crippen LogP contribution in [0, 0.1) is 0 Å². The topological polar surface area (TPSA) is 30.3 Å². The number of hydrogen-bond acceptors (Lipinski definition) is 3. The Bertz CT molecular complexity index is 610. The van der Waals surface area contributed by atoms with Crippen LogP contribution >= 0.6 is 11.6 Å². The number of likely N-dealkylation sites (tertiary alicyclic amines) is 1. The third-order valence-electron chi connectivity index (χ3n) is 4.05. The molecule has 5 heteroatoms. The van der Waals surface area contributed by atoms with E-state index < -0.39 is 0 Å². The normalized spacial score (nSPS) is 20.4. The van der Waals surface area contributed by atoms with Gasteiger partial charge in [-0.25, -0.2) is 4.98 Å². The molecule has 1 aromatic heterocycles. The Balaban J connectivity index is 2.10. The van der Waals surface area contributed by atoms with Crippen molar-refractivity contribution in [3.05, 3.63) is 24.0 Å². The monoisotopic (exact) mass is 293 g/mol. The minimum Gasteiger partial charge on any atom is -0.497 e. The first kappa shape index (κ1) is 13.7. The van der Waals surface area contributed by atoms with E-state index in [1.54, 1.807) is 7.11 Å². The summed E-state index contributed by atoms with van der Waals surface area (Å²) < 4.78 is 7.65. The molecule has 1 fully saturated rings. The summed E-state index contributed by atoms with van der Waals surface area (Å²) in [5.41, 5.74) is 2.12. The second-order valence-corrected chi connectivity index (χ2v) is 5.71. The summed E-state index contributed by atoms with van der Waals surface area (Å²) in [6.45, 7) is 2.22. The Kier molecular flexibility index (Phi) is 3.85. The number of aromatic nitrogens is 2. The number of rotatable bonds is 3. The standard InChI is InChI=1S/C15H20ClN3O/c1-18-7-3-4-11(10-18)19-14-8-12(20-2)5-6-13(14)17-15(19)9-16/h5-6,8,11H,3-4,7,9-10H2,1-2H3. The number of piperidine rings is 1. The van der Waals surface area contributed by atoms with E-state index in [0.717, 1.165) is 29.2 Å². The molecule has 0 saturated carbocycles. The first-order valence-electron chi connectivity index (χ1n) is 7.02. The van der Waals surface area contributed by atoms with Gasteiger partial charge in [-0.15, -0.1) is 11.6 Å². The van der Waals surface area contributed by atoms with Gasteiger partial charge in [-0.2, -0.15) is 0 Å². The molecule has 0 N–H and O–H groups in total. The highest BCUT2D eigenvalue weighted by atomic mass is 35.5. The first-order valence-corrected chi connectivity index (χ1v) is 7.55. The third kappa shape index (κ3) is 2.38. The largest absolute Gasteiger partial charge is 0.497 e. The first-order chi connectivity index (χ1) is 9.72. The number of methoxy groups -OCH3 is 1. The summed E-state index contributed by atoms with van der Waals surface area (Å²) in [5.74, 6) is 2.26. The molecular weight excluding hydrogens is 274 g/mol. The van der Waals surface area contributed by atoms with E-state index in [2.05, 4.69) is 27.6 Å². The highest BCUT2D eigenvalue weighted by Gasteiger charge is 2.23. The fourth-order valence-corrected chi connectivity index (χ4v) is 3.29. The third-order valence-corrected chi connectivity index (χ3v) is 4.29. The van der Waals surface area contributed by atoms with Crippen molar-refractivity contribution in [1.29, 1.82) is 0 Å². The summed E-state index contributed by atoms with van der Waals surface area (Å²) in [7, 11) is 3.87. The van der Waals surface area contributed by atoms with E-state index >= 15 is 0 Å². The molecule has 1 saturated heterocycles. The highest BCUT2D eigenvalue weighted by molar-refractivity contribution is 6.16. The predicted molar refractivity (Wildman–Crippen MR) is 81.6 cm³/mol. The maximum atomic E-state index is 6.10. The summed E-state index contributed by atoms with van der Waals surface area (Å²) in [5, 5.41) is 0. The van der Waals surface area contributed by atoms with Crippen LogP contribution in [0.1, 0.15) is 24.7 Å². The average molecular weight is 294 g/mol. The van der Waals surface area contributed by atoms with Gasteiger partial charge in [-0.3, -0.25) is 0 Å². The fraction of sp³-hybridized carbons (Fsp3) is 0.533. The van der Waals surface area contributed by atoms with Crippen LogP contribution in [-0.2, 0) is 5.88 Å². The zero-order valence-corrected chi connectivity index (χ0v) is 12.7. The van der Waals surface area contributed by atoms with Gasteiger partial charge in [0.2, 0.25) is 0 Å². The molecule has 108 valence electrons. The fourth-order valence-electron chi connectivity index (χ4n) is 3.10. The number of benzene rings is 1. The smallest absolute Gasteiger partial charge is 0.125 e. The van der Waals surface area contributed by atoms with Gasteiger partial charge in [0.05, 0.1) is 24.0 Å². The Morgan fingerprint density at radius 1 is 1.45 bits per heavy atom. The summed E-state index contributed by atoms with van der Waals surface area (Å²) in [6.07, 6.45) is 2.39. The minimum atomic E-state index is 0.442. The number of ether oxygens (including phenoxy) is 1. The molecule has 0 radical (unpaired) electrons. The molecule has 1 atom stereocenters. The number of imidazole rings is 1. The molecule has 3 rings (SSSR count). The summed E-state index contributed by atoms with van der Waals surface area (Å²) in [6, 6.07) is 6.46. The Morgan fingerprint density at radius 3 is 3.00 bits per heavy atom. The van der Waals surface area contributed by atoms with Crippen LogP contribution in [0.3, 0.4) is 0 Å². The van der Waals surface area contributed by atoms with Crippen molar-refractivity contribution in [2.75, 3.05) is 27.2 Å². The molecule has 20 heavy (non-hydrogen) atoms. The lowest BCUT2D eigenvalue weighted by atomic mass is 10.1. The van der Waals surface area contributed by atoms with E-state index in [9.17, 15) is 0 Å². The van der Waals surface area contributed by atoms with Crippen molar-refractivity contribution in [2.45, 2.75) is 24.8 Å². The SMILES string of the molecule is COc1ccc2nc(CCl)n(C3CCCN(C)C3)c2c1. The van der Waals surface area contributed by atoms with Crippen LogP contribution in [-0.4, -0.2) is 41.7 Å². The van der Waals surface area contributed by atoms with Crippen LogP contribution in [0.15, 0.2) is 18.2 Å². The molecule has 1 aliphatic heterocycles. The van der Waals surface area contributed by atoms with E-state index in [-0.39, 0.29) is 0 Å². The molecule has 0 bridgehead atoms. The van der Waals surface area contributed by atoms with Crippen molar-refractivity contribution in [3.8, 4) is 5.75 Å². The van der Waals surface area contributed by atoms with Gasteiger partial charge in [-0.1, -0.05) is 0 Å². The second kappa shape index (κ2) is 5.62. The zero-order valence-electron chi connectivity index (χ0n) is 12.0. The molecular formula is C15H20ClN3O. The number of nitrogens with zero attached hydrogens (tertiary/aromatic N) is 3. The van der Waals surface area contributed by atoms with Crippen molar-refractivity contribution in [1.82, 2.24) is 14.5 Å². The lowest BCUT2D eigenvalue weighted by Crippen LogP contribution is -2.34. The Hall–Kier alpha value is -1.26. The van der Waals surface area contributed by atoms with Gasteiger partial charge in [0.25, 0.3) is 0 Å². The lowest BCUT2D eigenvalue weighted by molar-refractivity contribution is 0.213. The van der Waals surface area contributed by atoms with Crippen LogP contribution in [0.25, 0.3) is 11.0 Å². The number of alkyl halides is 1. The summed E-state index contributed by atoms with van der Waals surface area (Å²) in [4.78, 5) is 7.04.